The lowest BCUT2D eigenvalue weighted by atomic mass is 9.96. The number of benzene rings is 2. The number of rotatable bonds is 8. The van der Waals surface area contributed by atoms with Crippen LogP contribution >= 0.6 is 0 Å². The molecule has 0 heterocycles. The number of carbonyl (C=O) groups excluding carboxylic acids is 1. The lowest BCUT2D eigenvalue weighted by Crippen LogP contribution is -2.32. The lowest BCUT2D eigenvalue weighted by molar-refractivity contribution is 0.0949. The van der Waals surface area contributed by atoms with Crippen LogP contribution in [0.1, 0.15) is 42.1 Å². The van der Waals surface area contributed by atoms with E-state index in [1.807, 2.05) is 25.1 Å². The molecule has 138 valence electrons. The van der Waals surface area contributed by atoms with Crippen molar-refractivity contribution >= 4 is 21.6 Å². The van der Waals surface area contributed by atoms with Crippen LogP contribution in [0.3, 0.4) is 0 Å². The number of hydrogen-bond donors (Lipinski definition) is 2. The standard InChI is InChI=1S/C20H24N2O3S/c1-2-13-26(24,25)22-18-10-6-7-16(14-18)19(23)21-15-20(11-12-20)17-8-4-3-5-9-17/h3-10,14,22H,2,11-13,15H2,1H3,(H,21,23). The van der Waals surface area contributed by atoms with Crippen LogP contribution in [-0.2, 0) is 15.4 Å². The van der Waals surface area contributed by atoms with Crippen LogP contribution in [0.15, 0.2) is 54.6 Å². The molecule has 0 aliphatic heterocycles. The van der Waals surface area contributed by atoms with Gasteiger partial charge in [-0.3, -0.25) is 9.52 Å². The zero-order valence-electron chi connectivity index (χ0n) is 14.9. The fourth-order valence-corrected chi connectivity index (χ4v) is 4.21. The van der Waals surface area contributed by atoms with Crippen molar-refractivity contribution in [3.05, 3.63) is 65.7 Å². The normalized spacial score (nSPS) is 15.3. The van der Waals surface area contributed by atoms with Crippen LogP contribution in [0, 0.1) is 0 Å². The van der Waals surface area contributed by atoms with Crippen LogP contribution < -0.4 is 10.0 Å². The average molecular weight is 372 g/mol. The SMILES string of the molecule is CCCS(=O)(=O)Nc1cccc(C(=O)NCC2(c3ccccc3)CC2)c1. The summed E-state index contributed by atoms with van der Waals surface area (Å²) >= 11 is 0. The number of carbonyl (C=O) groups is 1. The largest absolute Gasteiger partial charge is 0.351 e. The molecule has 0 radical (unpaired) electrons. The first-order valence-electron chi connectivity index (χ1n) is 8.88. The van der Waals surface area contributed by atoms with E-state index in [9.17, 15) is 13.2 Å². The first-order valence-corrected chi connectivity index (χ1v) is 10.5. The second-order valence-corrected chi connectivity index (χ2v) is 8.67. The predicted octanol–water partition coefficient (Wildman–Crippen LogP) is 3.30. The molecule has 0 spiro atoms. The third-order valence-electron chi connectivity index (χ3n) is 4.70. The van der Waals surface area contributed by atoms with Gasteiger partial charge in [-0.15, -0.1) is 0 Å². The van der Waals surface area contributed by atoms with Crippen molar-refractivity contribution in [3.63, 3.8) is 0 Å². The number of hydrogen-bond acceptors (Lipinski definition) is 3. The molecule has 5 nitrogen and oxygen atoms in total. The lowest BCUT2D eigenvalue weighted by Gasteiger charge is -2.17. The maximum Gasteiger partial charge on any atom is 0.251 e. The van der Waals surface area contributed by atoms with E-state index in [0.717, 1.165) is 12.8 Å². The summed E-state index contributed by atoms with van der Waals surface area (Å²) in [6.45, 7) is 2.39. The molecule has 1 aliphatic rings. The number of sulfonamides is 1. The molecule has 2 N–H and O–H groups in total. The molecule has 1 saturated carbocycles. The van der Waals surface area contributed by atoms with Crippen LogP contribution in [0.25, 0.3) is 0 Å². The summed E-state index contributed by atoms with van der Waals surface area (Å²) in [5.41, 5.74) is 2.15. The molecule has 2 aromatic rings. The molecule has 0 unspecified atom stereocenters. The molecule has 0 bridgehead atoms. The molecular formula is C20H24N2O3S. The van der Waals surface area contributed by atoms with Gasteiger partial charge in [-0.1, -0.05) is 43.3 Å². The van der Waals surface area contributed by atoms with Gasteiger partial charge in [-0.25, -0.2) is 8.42 Å². The molecule has 1 amide bonds. The van der Waals surface area contributed by atoms with E-state index in [1.165, 1.54) is 5.56 Å². The molecular weight excluding hydrogens is 348 g/mol. The zero-order chi connectivity index (χ0) is 18.6. The van der Waals surface area contributed by atoms with Gasteiger partial charge in [0.25, 0.3) is 5.91 Å². The number of amides is 1. The molecule has 6 heteroatoms. The highest BCUT2D eigenvalue weighted by Gasteiger charge is 2.44. The Labute approximate surface area is 154 Å². The van der Waals surface area contributed by atoms with Gasteiger partial charge in [0.05, 0.1) is 5.75 Å². The van der Waals surface area contributed by atoms with Gasteiger partial charge >= 0.3 is 0 Å². The van der Waals surface area contributed by atoms with Crippen molar-refractivity contribution in [2.75, 3.05) is 17.0 Å². The Hall–Kier alpha value is -2.34. The number of anilines is 1. The zero-order valence-corrected chi connectivity index (χ0v) is 15.7. The smallest absolute Gasteiger partial charge is 0.251 e. The van der Waals surface area contributed by atoms with Crippen molar-refractivity contribution in [2.24, 2.45) is 0 Å². The fraction of sp³-hybridized carbons (Fsp3) is 0.350. The maximum absolute atomic E-state index is 12.5. The van der Waals surface area contributed by atoms with Crippen LogP contribution in [0.2, 0.25) is 0 Å². The Morgan fingerprint density at radius 1 is 1.08 bits per heavy atom. The first kappa shape index (κ1) is 18.5. The first-order chi connectivity index (χ1) is 12.4. The summed E-state index contributed by atoms with van der Waals surface area (Å²) in [6, 6.07) is 16.8. The fourth-order valence-electron chi connectivity index (χ4n) is 3.08. The Morgan fingerprint density at radius 3 is 2.46 bits per heavy atom. The Balaban J connectivity index is 1.65. The highest BCUT2D eigenvalue weighted by atomic mass is 32.2. The second-order valence-electron chi connectivity index (χ2n) is 6.83. The Kier molecular flexibility index (Phi) is 5.32. The average Bonchev–Trinajstić information content (AvgIpc) is 3.41. The Bertz CT molecular complexity index is 875. The molecule has 26 heavy (non-hydrogen) atoms. The molecule has 0 saturated heterocycles. The van der Waals surface area contributed by atoms with E-state index in [4.69, 9.17) is 0 Å². The van der Waals surface area contributed by atoms with Gasteiger partial charge in [0.1, 0.15) is 0 Å². The van der Waals surface area contributed by atoms with E-state index < -0.39 is 10.0 Å². The van der Waals surface area contributed by atoms with Crippen molar-refractivity contribution in [1.82, 2.24) is 5.32 Å². The molecule has 1 fully saturated rings. The van der Waals surface area contributed by atoms with Crippen LogP contribution in [-0.4, -0.2) is 26.6 Å². The second kappa shape index (κ2) is 7.50. The third-order valence-corrected chi connectivity index (χ3v) is 6.19. The predicted molar refractivity (Wildman–Crippen MR) is 104 cm³/mol. The van der Waals surface area contributed by atoms with E-state index in [1.54, 1.807) is 24.3 Å². The minimum absolute atomic E-state index is 0.0389. The van der Waals surface area contributed by atoms with E-state index >= 15 is 0 Å². The topological polar surface area (TPSA) is 75.3 Å². The van der Waals surface area contributed by atoms with Gasteiger partial charge in [0.15, 0.2) is 0 Å². The molecule has 0 atom stereocenters. The van der Waals surface area contributed by atoms with Gasteiger partial charge in [0, 0.05) is 23.2 Å². The van der Waals surface area contributed by atoms with Crippen LogP contribution in [0.4, 0.5) is 5.69 Å². The summed E-state index contributed by atoms with van der Waals surface area (Å²) in [7, 11) is -3.37. The monoisotopic (exact) mass is 372 g/mol. The van der Waals surface area contributed by atoms with Crippen LogP contribution in [0.5, 0.6) is 0 Å². The van der Waals surface area contributed by atoms with E-state index in [0.29, 0.717) is 24.2 Å². The minimum Gasteiger partial charge on any atom is -0.351 e. The Morgan fingerprint density at radius 2 is 1.81 bits per heavy atom. The third kappa shape index (κ3) is 4.43. The van der Waals surface area contributed by atoms with Crippen molar-refractivity contribution in [3.8, 4) is 0 Å². The van der Waals surface area contributed by atoms with Gasteiger partial charge < -0.3 is 5.32 Å². The van der Waals surface area contributed by atoms with Crippen molar-refractivity contribution < 1.29 is 13.2 Å². The maximum atomic E-state index is 12.5. The van der Waals surface area contributed by atoms with E-state index in [-0.39, 0.29) is 17.1 Å². The molecule has 3 rings (SSSR count). The van der Waals surface area contributed by atoms with Gasteiger partial charge in [-0.2, -0.15) is 0 Å². The van der Waals surface area contributed by atoms with Crippen molar-refractivity contribution in [1.29, 1.82) is 0 Å². The van der Waals surface area contributed by atoms with E-state index in [2.05, 4.69) is 22.2 Å². The summed E-state index contributed by atoms with van der Waals surface area (Å²) in [4.78, 5) is 12.5. The highest BCUT2D eigenvalue weighted by Crippen LogP contribution is 2.47. The van der Waals surface area contributed by atoms with Gasteiger partial charge in [-0.05, 0) is 43.0 Å². The molecule has 1 aliphatic carbocycles. The number of nitrogens with one attached hydrogen (secondary N) is 2. The van der Waals surface area contributed by atoms with Gasteiger partial charge in [0.2, 0.25) is 10.0 Å². The quantitative estimate of drug-likeness (QED) is 0.746. The molecule has 2 aromatic carbocycles. The summed E-state index contributed by atoms with van der Waals surface area (Å²) in [5, 5.41) is 3.00. The summed E-state index contributed by atoms with van der Waals surface area (Å²) in [6.07, 6.45) is 2.67. The highest BCUT2D eigenvalue weighted by molar-refractivity contribution is 7.92. The summed E-state index contributed by atoms with van der Waals surface area (Å²) < 4.78 is 26.3. The van der Waals surface area contributed by atoms with Crippen molar-refractivity contribution in [2.45, 2.75) is 31.6 Å². The minimum atomic E-state index is -3.37. The summed E-state index contributed by atoms with van der Waals surface area (Å²) in [5.74, 6) is -0.132. The molecule has 0 aromatic heterocycles.